The SMILES string of the molecule is CCCC(=O)O.CCCC(=O)O.CCCC(=O)O.CCOC(=O)CCCCCCCCC(=O)OCC.OCC(O)CO. The zero-order valence-electron chi connectivity index (χ0n) is 26.3. The van der Waals surface area contributed by atoms with Crippen molar-refractivity contribution in [1.29, 1.82) is 0 Å². The molecule has 0 fully saturated rings. The second-order valence-electron chi connectivity index (χ2n) is 8.68. The van der Waals surface area contributed by atoms with E-state index >= 15 is 0 Å². The molecule has 13 heteroatoms. The van der Waals surface area contributed by atoms with Gasteiger partial charge in [0.1, 0.15) is 6.10 Å². The molecule has 0 saturated carbocycles. The number of hydrogen-bond donors (Lipinski definition) is 6. The molecular formula is C29H58O13. The number of esters is 2. The van der Waals surface area contributed by atoms with E-state index in [1.165, 1.54) is 0 Å². The third kappa shape index (κ3) is 65.9. The van der Waals surface area contributed by atoms with E-state index in [1.54, 1.807) is 0 Å². The molecule has 0 unspecified atom stereocenters. The van der Waals surface area contributed by atoms with Gasteiger partial charge in [0, 0.05) is 32.1 Å². The Hall–Kier alpha value is -2.77. The maximum Gasteiger partial charge on any atom is 0.305 e. The zero-order valence-corrected chi connectivity index (χ0v) is 26.3. The topological polar surface area (TPSA) is 225 Å². The number of unbranched alkanes of at least 4 members (excludes halogenated alkanes) is 5. The molecule has 6 N–H and O–H groups in total. The molecule has 0 atom stereocenters. The van der Waals surface area contributed by atoms with Gasteiger partial charge in [-0.25, -0.2) is 0 Å². The molecule has 0 aliphatic heterocycles. The van der Waals surface area contributed by atoms with Gasteiger partial charge in [0.2, 0.25) is 0 Å². The predicted octanol–water partition coefficient (Wildman–Crippen LogP) is 4.18. The average Bonchev–Trinajstić information content (AvgIpc) is 2.91. The minimum Gasteiger partial charge on any atom is -0.481 e. The van der Waals surface area contributed by atoms with E-state index in [9.17, 15) is 24.0 Å². The lowest BCUT2D eigenvalue weighted by Gasteiger charge is -2.03. The largest absolute Gasteiger partial charge is 0.481 e. The summed E-state index contributed by atoms with van der Waals surface area (Å²) in [5.74, 6) is -2.33. The number of carboxylic acid groups (broad SMARTS) is 3. The summed E-state index contributed by atoms with van der Waals surface area (Å²) < 4.78 is 9.69. The van der Waals surface area contributed by atoms with Crippen LogP contribution in [0.25, 0.3) is 0 Å². The maximum absolute atomic E-state index is 11.0. The molecule has 0 aliphatic rings. The summed E-state index contributed by atoms with van der Waals surface area (Å²) in [6.07, 6.45) is 9.30. The monoisotopic (exact) mass is 614 g/mol. The minimum absolute atomic E-state index is 0.0974. The third-order valence-corrected chi connectivity index (χ3v) is 4.44. The van der Waals surface area contributed by atoms with Crippen molar-refractivity contribution in [1.82, 2.24) is 0 Å². The van der Waals surface area contributed by atoms with Gasteiger partial charge < -0.3 is 40.1 Å². The fraction of sp³-hybridized carbons (Fsp3) is 0.828. The summed E-state index contributed by atoms with van der Waals surface area (Å²) in [6.45, 7) is 9.37. The molecule has 0 spiro atoms. The van der Waals surface area contributed by atoms with Gasteiger partial charge in [0.15, 0.2) is 0 Å². The van der Waals surface area contributed by atoms with Gasteiger partial charge in [-0.1, -0.05) is 46.5 Å². The first-order valence-corrected chi connectivity index (χ1v) is 14.7. The van der Waals surface area contributed by atoms with Crippen LogP contribution in [0.3, 0.4) is 0 Å². The molecule has 0 heterocycles. The van der Waals surface area contributed by atoms with Crippen molar-refractivity contribution < 1.29 is 64.1 Å². The Morgan fingerprint density at radius 3 is 0.905 bits per heavy atom. The fourth-order valence-electron chi connectivity index (χ4n) is 2.41. The quantitative estimate of drug-likeness (QED) is 0.0888. The van der Waals surface area contributed by atoms with Crippen LogP contribution in [-0.4, -0.2) is 93.0 Å². The van der Waals surface area contributed by atoms with Crippen molar-refractivity contribution in [2.45, 2.75) is 131 Å². The first-order valence-electron chi connectivity index (χ1n) is 14.7. The normalized spacial score (nSPS) is 9.26. The van der Waals surface area contributed by atoms with Crippen molar-refractivity contribution in [3.63, 3.8) is 0 Å². The van der Waals surface area contributed by atoms with Gasteiger partial charge in [-0.3, -0.25) is 24.0 Å². The average molecular weight is 615 g/mol. The number of rotatable bonds is 19. The Morgan fingerprint density at radius 1 is 0.500 bits per heavy atom. The highest BCUT2D eigenvalue weighted by Crippen LogP contribution is 2.09. The molecule has 13 nitrogen and oxygen atoms in total. The van der Waals surface area contributed by atoms with E-state index in [4.69, 9.17) is 40.1 Å². The van der Waals surface area contributed by atoms with E-state index in [0.717, 1.165) is 57.8 Å². The van der Waals surface area contributed by atoms with Crippen molar-refractivity contribution in [2.24, 2.45) is 0 Å². The van der Waals surface area contributed by atoms with E-state index in [-0.39, 0.29) is 25.2 Å². The molecule has 0 aromatic carbocycles. The van der Waals surface area contributed by atoms with Crippen molar-refractivity contribution in [3.05, 3.63) is 0 Å². The number of aliphatic carboxylic acids is 3. The Labute approximate surface area is 251 Å². The number of carbonyl (C=O) groups is 5. The van der Waals surface area contributed by atoms with Crippen LogP contribution in [0.15, 0.2) is 0 Å². The van der Waals surface area contributed by atoms with Gasteiger partial charge in [-0.2, -0.15) is 0 Å². The lowest BCUT2D eigenvalue weighted by atomic mass is 10.1. The molecule has 252 valence electrons. The predicted molar refractivity (Wildman–Crippen MR) is 158 cm³/mol. The van der Waals surface area contributed by atoms with Crippen LogP contribution in [0.5, 0.6) is 0 Å². The van der Waals surface area contributed by atoms with Crippen LogP contribution >= 0.6 is 0 Å². The van der Waals surface area contributed by atoms with Crippen LogP contribution in [0, 0.1) is 0 Å². The zero-order chi connectivity index (χ0) is 33.6. The Bertz CT molecular complexity index is 559. The minimum atomic E-state index is -0.954. The third-order valence-electron chi connectivity index (χ3n) is 4.44. The molecule has 0 bridgehead atoms. The van der Waals surface area contributed by atoms with Crippen LogP contribution in [0.1, 0.15) is 125 Å². The van der Waals surface area contributed by atoms with Gasteiger partial charge >= 0.3 is 29.8 Å². The van der Waals surface area contributed by atoms with Crippen LogP contribution in [0.4, 0.5) is 0 Å². The summed E-state index contributed by atoms with van der Waals surface area (Å²) in [7, 11) is 0. The van der Waals surface area contributed by atoms with Crippen LogP contribution < -0.4 is 0 Å². The lowest BCUT2D eigenvalue weighted by molar-refractivity contribution is -0.144. The van der Waals surface area contributed by atoms with E-state index < -0.39 is 24.0 Å². The highest BCUT2D eigenvalue weighted by Gasteiger charge is 2.02. The van der Waals surface area contributed by atoms with E-state index in [2.05, 4.69) is 0 Å². The molecule has 0 aromatic rings. The van der Waals surface area contributed by atoms with Gasteiger partial charge in [0.25, 0.3) is 0 Å². The summed E-state index contributed by atoms with van der Waals surface area (Å²) >= 11 is 0. The number of ether oxygens (including phenoxy) is 2. The Balaban J connectivity index is -0.000000156. The second kappa shape index (κ2) is 42.7. The van der Waals surface area contributed by atoms with Crippen molar-refractivity contribution in [2.75, 3.05) is 26.4 Å². The highest BCUT2D eigenvalue weighted by molar-refractivity contribution is 5.69. The molecule has 0 saturated heterocycles. The maximum atomic E-state index is 11.0. The number of carbonyl (C=O) groups excluding carboxylic acids is 2. The number of carboxylic acids is 3. The summed E-state index contributed by atoms with van der Waals surface area (Å²) in [5, 5.41) is 47.8. The summed E-state index contributed by atoms with van der Waals surface area (Å²) in [5.41, 5.74) is 0. The highest BCUT2D eigenvalue weighted by atomic mass is 16.5. The molecule has 0 aromatic heterocycles. The summed E-state index contributed by atoms with van der Waals surface area (Å²) in [6, 6.07) is 0. The van der Waals surface area contributed by atoms with Crippen LogP contribution in [0.2, 0.25) is 0 Å². The molecule has 0 radical (unpaired) electrons. The second-order valence-corrected chi connectivity index (χ2v) is 8.68. The summed E-state index contributed by atoms with van der Waals surface area (Å²) in [4.78, 5) is 50.9. The molecule has 42 heavy (non-hydrogen) atoms. The molecule has 0 aliphatic carbocycles. The number of hydrogen-bond acceptors (Lipinski definition) is 10. The van der Waals surface area contributed by atoms with Crippen LogP contribution in [-0.2, 0) is 33.4 Å². The Morgan fingerprint density at radius 2 is 0.762 bits per heavy atom. The van der Waals surface area contributed by atoms with E-state index in [0.29, 0.717) is 45.3 Å². The smallest absolute Gasteiger partial charge is 0.305 e. The Kier molecular flexibility index (Phi) is 49.7. The first kappa shape index (κ1) is 48.9. The fourth-order valence-corrected chi connectivity index (χ4v) is 2.41. The van der Waals surface area contributed by atoms with Gasteiger partial charge in [-0.05, 0) is 46.0 Å². The molecular weight excluding hydrogens is 556 g/mol. The first-order chi connectivity index (χ1) is 19.8. The molecule has 0 amide bonds. The van der Waals surface area contributed by atoms with Gasteiger partial charge in [0.05, 0.1) is 26.4 Å². The van der Waals surface area contributed by atoms with Crippen molar-refractivity contribution in [3.8, 4) is 0 Å². The number of aliphatic hydroxyl groups excluding tert-OH is 3. The number of aliphatic hydroxyl groups is 3. The molecule has 0 rings (SSSR count). The van der Waals surface area contributed by atoms with E-state index in [1.807, 2.05) is 34.6 Å². The standard InChI is InChI=1S/C14H26O4.3C4H8O2.C3H8O3/c1-3-17-13(15)11-9-7-5-6-8-10-12-14(16)18-4-2;3*1-2-3-4(5)6;4-1-3(6)2-5/h3-12H2,1-2H3;3*2-3H2,1H3,(H,5,6);3-6H,1-2H2. The van der Waals surface area contributed by atoms with Gasteiger partial charge in [-0.15, -0.1) is 0 Å². The van der Waals surface area contributed by atoms with Crippen molar-refractivity contribution >= 4 is 29.8 Å². The lowest BCUT2D eigenvalue weighted by Crippen LogP contribution is -2.15.